The molecular weight excluding hydrogens is 180 g/mol. The van der Waals surface area contributed by atoms with Gasteiger partial charge < -0.3 is 10.6 Å². The zero-order valence-corrected chi connectivity index (χ0v) is 8.34. The number of piperazine rings is 1. The van der Waals surface area contributed by atoms with Gasteiger partial charge in [0.15, 0.2) is 0 Å². The third kappa shape index (κ3) is 1.73. The number of H-pyrrole nitrogens is 1. The summed E-state index contributed by atoms with van der Waals surface area (Å²) in [5.74, 6) is 0. The van der Waals surface area contributed by atoms with Gasteiger partial charge in [-0.25, -0.2) is 0 Å². The van der Waals surface area contributed by atoms with Crippen LogP contribution in [0.2, 0.25) is 0 Å². The molecule has 5 nitrogen and oxygen atoms in total. The lowest BCUT2D eigenvalue weighted by Crippen LogP contribution is -2.42. The molecule has 1 atom stereocenters. The van der Waals surface area contributed by atoms with Gasteiger partial charge in [-0.05, 0) is 6.92 Å². The van der Waals surface area contributed by atoms with E-state index in [1.165, 1.54) is 0 Å². The van der Waals surface area contributed by atoms with E-state index in [4.69, 9.17) is 0 Å². The summed E-state index contributed by atoms with van der Waals surface area (Å²) in [5, 5.41) is 9.74. The van der Waals surface area contributed by atoms with Crippen LogP contribution in [-0.4, -0.2) is 29.4 Å². The SMILES string of the molecule is CCn1[nH]c(C2CNCCN2)cc1=O. The molecule has 1 fully saturated rings. The molecule has 1 aliphatic heterocycles. The molecule has 3 N–H and O–H groups in total. The molecule has 1 aromatic rings. The summed E-state index contributed by atoms with van der Waals surface area (Å²) >= 11 is 0. The maximum absolute atomic E-state index is 11.4. The lowest BCUT2D eigenvalue weighted by Gasteiger charge is -2.23. The molecule has 1 unspecified atom stereocenters. The number of aryl methyl sites for hydroxylation is 1. The quantitative estimate of drug-likeness (QED) is 0.593. The van der Waals surface area contributed by atoms with Crippen LogP contribution in [0, 0.1) is 0 Å². The first kappa shape index (κ1) is 9.48. The highest BCUT2D eigenvalue weighted by Gasteiger charge is 2.16. The topological polar surface area (TPSA) is 61.9 Å². The lowest BCUT2D eigenvalue weighted by atomic mass is 10.2. The minimum absolute atomic E-state index is 0.0508. The fourth-order valence-electron chi connectivity index (χ4n) is 1.74. The van der Waals surface area contributed by atoms with E-state index in [2.05, 4.69) is 15.7 Å². The van der Waals surface area contributed by atoms with Gasteiger partial charge in [0.2, 0.25) is 0 Å². The van der Waals surface area contributed by atoms with Crippen LogP contribution in [0.3, 0.4) is 0 Å². The summed E-state index contributed by atoms with van der Waals surface area (Å²) in [6.07, 6.45) is 0. The Hall–Kier alpha value is -1.07. The minimum Gasteiger partial charge on any atom is -0.314 e. The predicted molar refractivity (Wildman–Crippen MR) is 54.3 cm³/mol. The second kappa shape index (κ2) is 3.98. The fraction of sp³-hybridized carbons (Fsp3) is 0.667. The van der Waals surface area contributed by atoms with Crippen molar-refractivity contribution in [2.24, 2.45) is 0 Å². The van der Waals surface area contributed by atoms with E-state index in [9.17, 15) is 4.79 Å². The normalized spacial score (nSPS) is 22.5. The van der Waals surface area contributed by atoms with E-state index >= 15 is 0 Å². The van der Waals surface area contributed by atoms with Crippen molar-refractivity contribution in [2.75, 3.05) is 19.6 Å². The molecule has 14 heavy (non-hydrogen) atoms. The van der Waals surface area contributed by atoms with E-state index < -0.39 is 0 Å². The first-order valence-corrected chi connectivity index (χ1v) is 5.05. The molecule has 0 saturated carbocycles. The van der Waals surface area contributed by atoms with Crippen LogP contribution < -0.4 is 16.2 Å². The summed E-state index contributed by atoms with van der Waals surface area (Å²) in [6.45, 7) is 5.47. The van der Waals surface area contributed by atoms with Gasteiger partial charge in [0, 0.05) is 32.2 Å². The zero-order chi connectivity index (χ0) is 9.97. The Morgan fingerprint density at radius 1 is 1.57 bits per heavy atom. The van der Waals surface area contributed by atoms with Crippen LogP contribution >= 0.6 is 0 Å². The monoisotopic (exact) mass is 196 g/mol. The van der Waals surface area contributed by atoms with Gasteiger partial charge in [0.25, 0.3) is 5.56 Å². The van der Waals surface area contributed by atoms with Crippen molar-refractivity contribution in [3.05, 3.63) is 22.1 Å². The molecule has 0 radical (unpaired) electrons. The van der Waals surface area contributed by atoms with Crippen LogP contribution in [0.1, 0.15) is 18.7 Å². The lowest BCUT2D eigenvalue weighted by molar-refractivity contribution is 0.418. The fourth-order valence-corrected chi connectivity index (χ4v) is 1.74. The Morgan fingerprint density at radius 3 is 3.00 bits per heavy atom. The molecule has 2 heterocycles. The van der Waals surface area contributed by atoms with Crippen LogP contribution in [0.5, 0.6) is 0 Å². The number of nitrogens with one attached hydrogen (secondary N) is 3. The number of nitrogens with zero attached hydrogens (tertiary/aromatic N) is 1. The Bertz CT molecular complexity index is 348. The van der Waals surface area contributed by atoms with Crippen molar-refractivity contribution in [1.82, 2.24) is 20.4 Å². The van der Waals surface area contributed by atoms with Gasteiger partial charge in [0.05, 0.1) is 11.7 Å². The van der Waals surface area contributed by atoms with Gasteiger partial charge in [-0.15, -0.1) is 0 Å². The average molecular weight is 196 g/mol. The Morgan fingerprint density at radius 2 is 2.43 bits per heavy atom. The molecule has 0 spiro atoms. The van der Waals surface area contributed by atoms with Crippen molar-refractivity contribution >= 4 is 0 Å². The Kier molecular flexibility index (Phi) is 2.69. The Labute approximate surface area is 82.5 Å². The van der Waals surface area contributed by atoms with E-state index in [0.717, 1.165) is 25.3 Å². The summed E-state index contributed by atoms with van der Waals surface area (Å²) in [7, 11) is 0. The predicted octanol–water partition coefficient (Wildman–Crippen LogP) is -0.570. The summed E-state index contributed by atoms with van der Waals surface area (Å²) in [4.78, 5) is 11.4. The van der Waals surface area contributed by atoms with E-state index in [0.29, 0.717) is 6.54 Å². The molecule has 0 aliphatic carbocycles. The molecule has 1 saturated heterocycles. The zero-order valence-electron chi connectivity index (χ0n) is 8.34. The first-order valence-electron chi connectivity index (χ1n) is 5.05. The molecule has 0 bridgehead atoms. The van der Waals surface area contributed by atoms with Crippen molar-refractivity contribution in [3.63, 3.8) is 0 Å². The molecule has 78 valence electrons. The van der Waals surface area contributed by atoms with Crippen LogP contribution in [0.4, 0.5) is 0 Å². The summed E-state index contributed by atoms with van der Waals surface area (Å²) < 4.78 is 1.62. The number of hydrogen-bond donors (Lipinski definition) is 3. The third-order valence-corrected chi connectivity index (χ3v) is 2.54. The number of rotatable bonds is 2. The second-order valence-corrected chi connectivity index (χ2v) is 3.50. The standard InChI is InChI=1S/C9H16N4O/c1-2-13-9(14)5-7(12-13)8-6-10-3-4-11-8/h5,8,10-12H,2-4,6H2,1H3. The van der Waals surface area contributed by atoms with Crippen molar-refractivity contribution < 1.29 is 0 Å². The smallest absolute Gasteiger partial charge is 0.266 e. The second-order valence-electron chi connectivity index (χ2n) is 3.50. The van der Waals surface area contributed by atoms with Gasteiger partial charge in [-0.2, -0.15) is 0 Å². The number of aromatic amines is 1. The maximum Gasteiger partial charge on any atom is 0.266 e. The van der Waals surface area contributed by atoms with Gasteiger partial charge >= 0.3 is 0 Å². The molecule has 1 aromatic heterocycles. The van der Waals surface area contributed by atoms with Gasteiger partial charge in [-0.1, -0.05) is 0 Å². The first-order chi connectivity index (χ1) is 6.81. The van der Waals surface area contributed by atoms with Crippen LogP contribution in [0.25, 0.3) is 0 Å². The molecule has 0 amide bonds. The van der Waals surface area contributed by atoms with Crippen molar-refractivity contribution in [3.8, 4) is 0 Å². The number of aromatic nitrogens is 2. The van der Waals surface area contributed by atoms with E-state index in [1.807, 2.05) is 6.92 Å². The largest absolute Gasteiger partial charge is 0.314 e. The van der Waals surface area contributed by atoms with Gasteiger partial charge in [-0.3, -0.25) is 14.6 Å². The molecule has 1 aliphatic rings. The minimum atomic E-state index is 0.0508. The highest BCUT2D eigenvalue weighted by molar-refractivity contribution is 5.07. The third-order valence-electron chi connectivity index (χ3n) is 2.54. The Balaban J connectivity index is 2.18. The molecule has 2 rings (SSSR count). The van der Waals surface area contributed by atoms with Crippen molar-refractivity contribution in [1.29, 1.82) is 0 Å². The molecule has 0 aromatic carbocycles. The van der Waals surface area contributed by atoms with Gasteiger partial charge in [0.1, 0.15) is 0 Å². The highest BCUT2D eigenvalue weighted by Crippen LogP contribution is 2.08. The van der Waals surface area contributed by atoms with Crippen molar-refractivity contribution in [2.45, 2.75) is 19.5 Å². The highest BCUT2D eigenvalue weighted by atomic mass is 16.1. The average Bonchev–Trinajstić information content (AvgIpc) is 2.61. The van der Waals surface area contributed by atoms with Crippen LogP contribution in [0.15, 0.2) is 10.9 Å². The number of hydrogen-bond acceptors (Lipinski definition) is 3. The van der Waals surface area contributed by atoms with E-state index in [1.54, 1.807) is 10.7 Å². The maximum atomic E-state index is 11.4. The molecule has 5 heteroatoms. The molecular formula is C9H16N4O. The summed E-state index contributed by atoms with van der Waals surface area (Å²) in [5.41, 5.74) is 1.03. The van der Waals surface area contributed by atoms with E-state index in [-0.39, 0.29) is 11.6 Å². The summed E-state index contributed by atoms with van der Waals surface area (Å²) in [6, 6.07) is 1.91. The van der Waals surface area contributed by atoms with Crippen LogP contribution in [-0.2, 0) is 6.54 Å².